The summed E-state index contributed by atoms with van der Waals surface area (Å²) < 4.78 is 5.31. The first-order valence-electron chi connectivity index (χ1n) is 7.71. The van der Waals surface area contributed by atoms with Gasteiger partial charge in [-0.2, -0.15) is 0 Å². The van der Waals surface area contributed by atoms with Gasteiger partial charge in [-0.3, -0.25) is 9.69 Å². The van der Waals surface area contributed by atoms with Gasteiger partial charge in [-0.15, -0.1) is 0 Å². The molecular weight excluding hydrogens is 250 g/mol. The van der Waals surface area contributed by atoms with Crippen LogP contribution in [0, 0.1) is 5.92 Å². The highest BCUT2D eigenvalue weighted by Gasteiger charge is 2.51. The average Bonchev–Trinajstić information content (AvgIpc) is 3.08. The third kappa shape index (κ3) is 2.24. The summed E-state index contributed by atoms with van der Waals surface area (Å²) >= 11 is 0. The highest BCUT2D eigenvalue weighted by Crippen LogP contribution is 2.46. The van der Waals surface area contributed by atoms with E-state index in [-0.39, 0.29) is 18.1 Å². The van der Waals surface area contributed by atoms with E-state index in [9.17, 15) is 4.79 Å². The van der Waals surface area contributed by atoms with Crippen molar-refractivity contribution in [1.82, 2.24) is 4.90 Å². The second-order valence-corrected chi connectivity index (χ2v) is 5.96. The van der Waals surface area contributed by atoms with Crippen LogP contribution >= 0.6 is 0 Å². The zero-order valence-corrected chi connectivity index (χ0v) is 12.3. The summed E-state index contributed by atoms with van der Waals surface area (Å²) in [6.07, 6.45) is 3.55. The zero-order valence-electron chi connectivity index (χ0n) is 12.3. The SMILES string of the molecule is CCOC(=O)C1C2CCC(C2)N1[C@@H](C)c1ccccc1. The van der Waals surface area contributed by atoms with Crippen LogP contribution in [0.1, 0.15) is 44.7 Å². The summed E-state index contributed by atoms with van der Waals surface area (Å²) in [5, 5.41) is 0. The Hall–Kier alpha value is -1.35. The Balaban J connectivity index is 1.84. The summed E-state index contributed by atoms with van der Waals surface area (Å²) in [7, 11) is 0. The number of carbonyl (C=O) groups excluding carboxylic acids is 1. The van der Waals surface area contributed by atoms with Crippen LogP contribution in [0.15, 0.2) is 30.3 Å². The lowest BCUT2D eigenvalue weighted by Gasteiger charge is -2.38. The molecule has 0 amide bonds. The molecule has 3 unspecified atom stereocenters. The van der Waals surface area contributed by atoms with Crippen molar-refractivity contribution in [3.63, 3.8) is 0 Å². The van der Waals surface area contributed by atoms with Gasteiger partial charge >= 0.3 is 5.97 Å². The van der Waals surface area contributed by atoms with E-state index in [0.717, 1.165) is 6.42 Å². The van der Waals surface area contributed by atoms with Crippen molar-refractivity contribution in [2.24, 2.45) is 5.92 Å². The number of esters is 1. The second-order valence-electron chi connectivity index (χ2n) is 5.96. The molecule has 1 heterocycles. The topological polar surface area (TPSA) is 29.5 Å². The van der Waals surface area contributed by atoms with E-state index < -0.39 is 0 Å². The monoisotopic (exact) mass is 273 g/mol. The van der Waals surface area contributed by atoms with Gasteiger partial charge in [-0.25, -0.2) is 0 Å². The smallest absolute Gasteiger partial charge is 0.323 e. The second kappa shape index (κ2) is 5.57. The molecule has 20 heavy (non-hydrogen) atoms. The van der Waals surface area contributed by atoms with E-state index in [4.69, 9.17) is 4.74 Å². The molecule has 108 valence electrons. The van der Waals surface area contributed by atoms with Crippen LogP contribution in [0.4, 0.5) is 0 Å². The Morgan fingerprint density at radius 1 is 1.35 bits per heavy atom. The standard InChI is InChI=1S/C17H23NO2/c1-3-20-17(19)16-14-9-10-15(11-14)18(16)12(2)13-7-5-4-6-8-13/h4-8,12,14-16H,3,9-11H2,1-2H3/t12-,14?,15?,16?/m0/s1. The lowest BCUT2D eigenvalue weighted by atomic mass is 9.96. The zero-order chi connectivity index (χ0) is 14.1. The third-order valence-electron chi connectivity index (χ3n) is 4.89. The number of piperidine rings is 1. The molecule has 3 nitrogen and oxygen atoms in total. The molecular formula is C17H23NO2. The van der Waals surface area contributed by atoms with Gasteiger partial charge in [-0.1, -0.05) is 30.3 Å². The van der Waals surface area contributed by atoms with Crippen LogP contribution < -0.4 is 0 Å². The number of benzene rings is 1. The van der Waals surface area contributed by atoms with Gasteiger partial charge in [0.15, 0.2) is 0 Å². The van der Waals surface area contributed by atoms with Crippen molar-refractivity contribution in [2.45, 2.75) is 51.2 Å². The summed E-state index contributed by atoms with van der Waals surface area (Å²) in [6.45, 7) is 4.57. The number of rotatable bonds is 4. The van der Waals surface area contributed by atoms with Gasteiger partial charge in [0.2, 0.25) is 0 Å². The third-order valence-corrected chi connectivity index (χ3v) is 4.89. The van der Waals surface area contributed by atoms with Crippen molar-refractivity contribution in [3.05, 3.63) is 35.9 Å². The number of fused-ring (bicyclic) bond motifs is 2. The minimum absolute atomic E-state index is 0.0255. The largest absolute Gasteiger partial charge is 0.465 e. The van der Waals surface area contributed by atoms with Crippen LogP contribution in [0.25, 0.3) is 0 Å². The quantitative estimate of drug-likeness (QED) is 0.789. The predicted molar refractivity (Wildman–Crippen MR) is 78.2 cm³/mol. The molecule has 0 radical (unpaired) electrons. The molecule has 3 rings (SSSR count). The molecule has 3 heteroatoms. The Bertz CT molecular complexity index is 473. The lowest BCUT2D eigenvalue weighted by Crippen LogP contribution is -2.47. The van der Waals surface area contributed by atoms with Gasteiger partial charge in [0.25, 0.3) is 0 Å². The van der Waals surface area contributed by atoms with Crippen LogP contribution in [-0.4, -0.2) is 29.6 Å². The van der Waals surface area contributed by atoms with Gasteiger partial charge < -0.3 is 4.74 Å². The summed E-state index contributed by atoms with van der Waals surface area (Å²) in [5.74, 6) is 0.465. The summed E-state index contributed by atoms with van der Waals surface area (Å²) in [6, 6.07) is 11.3. The summed E-state index contributed by atoms with van der Waals surface area (Å²) in [4.78, 5) is 14.7. The summed E-state index contributed by atoms with van der Waals surface area (Å²) in [5.41, 5.74) is 1.29. The van der Waals surface area contributed by atoms with Crippen LogP contribution in [-0.2, 0) is 9.53 Å². The van der Waals surface area contributed by atoms with Gasteiger partial charge in [-0.05, 0) is 44.6 Å². The van der Waals surface area contributed by atoms with Crippen LogP contribution in [0.5, 0.6) is 0 Å². The van der Waals surface area contributed by atoms with Crippen molar-refractivity contribution < 1.29 is 9.53 Å². The minimum atomic E-state index is -0.0380. The molecule has 0 N–H and O–H groups in total. The molecule has 1 saturated carbocycles. The fourth-order valence-corrected chi connectivity index (χ4v) is 4.02. The maximum Gasteiger partial charge on any atom is 0.323 e. The molecule has 2 aliphatic rings. The molecule has 1 aliphatic heterocycles. The number of ether oxygens (including phenoxy) is 1. The number of nitrogens with zero attached hydrogens (tertiary/aromatic N) is 1. The van der Waals surface area contributed by atoms with E-state index in [1.54, 1.807) is 0 Å². The molecule has 1 aromatic rings. The maximum absolute atomic E-state index is 12.3. The molecule has 1 saturated heterocycles. The van der Waals surface area contributed by atoms with E-state index in [1.807, 2.05) is 13.0 Å². The number of hydrogen-bond donors (Lipinski definition) is 0. The first kappa shape index (κ1) is 13.6. The van der Waals surface area contributed by atoms with Gasteiger partial charge in [0.1, 0.15) is 6.04 Å². The first-order valence-corrected chi connectivity index (χ1v) is 7.71. The Morgan fingerprint density at radius 2 is 2.10 bits per heavy atom. The first-order chi connectivity index (χ1) is 9.72. The number of likely N-dealkylation sites (tertiary alicyclic amines) is 1. The maximum atomic E-state index is 12.3. The Morgan fingerprint density at radius 3 is 2.80 bits per heavy atom. The van der Waals surface area contributed by atoms with Crippen molar-refractivity contribution in [3.8, 4) is 0 Å². The fourth-order valence-electron chi connectivity index (χ4n) is 4.02. The minimum Gasteiger partial charge on any atom is -0.465 e. The van der Waals surface area contributed by atoms with Crippen LogP contribution in [0.3, 0.4) is 0 Å². The van der Waals surface area contributed by atoms with Gasteiger partial charge in [0, 0.05) is 12.1 Å². The molecule has 1 aromatic carbocycles. The van der Waals surface area contributed by atoms with E-state index in [0.29, 0.717) is 18.6 Å². The fraction of sp³-hybridized carbons (Fsp3) is 0.588. The Kier molecular flexibility index (Phi) is 3.79. The predicted octanol–water partition coefficient (Wildman–Crippen LogP) is 3.16. The van der Waals surface area contributed by atoms with E-state index in [2.05, 4.69) is 36.1 Å². The van der Waals surface area contributed by atoms with Crippen molar-refractivity contribution in [1.29, 1.82) is 0 Å². The van der Waals surface area contributed by atoms with Gasteiger partial charge in [0.05, 0.1) is 6.61 Å². The number of hydrogen-bond acceptors (Lipinski definition) is 3. The van der Waals surface area contributed by atoms with E-state index in [1.165, 1.54) is 18.4 Å². The van der Waals surface area contributed by atoms with Crippen molar-refractivity contribution in [2.75, 3.05) is 6.61 Å². The molecule has 0 aromatic heterocycles. The highest BCUT2D eigenvalue weighted by molar-refractivity contribution is 5.77. The lowest BCUT2D eigenvalue weighted by molar-refractivity contribution is -0.152. The molecule has 1 aliphatic carbocycles. The Labute approximate surface area is 120 Å². The molecule has 2 bridgehead atoms. The molecule has 0 spiro atoms. The molecule has 2 fully saturated rings. The van der Waals surface area contributed by atoms with Crippen LogP contribution in [0.2, 0.25) is 0 Å². The van der Waals surface area contributed by atoms with Crippen molar-refractivity contribution >= 4 is 5.97 Å². The number of carbonyl (C=O) groups is 1. The normalized spacial score (nSPS) is 30.4. The van der Waals surface area contributed by atoms with E-state index >= 15 is 0 Å². The average molecular weight is 273 g/mol. The molecule has 4 atom stereocenters. The highest BCUT2D eigenvalue weighted by atomic mass is 16.5.